The number of amides is 1. The molecule has 0 unspecified atom stereocenters. The van der Waals surface area contributed by atoms with Gasteiger partial charge in [0.1, 0.15) is 11.3 Å². The summed E-state index contributed by atoms with van der Waals surface area (Å²) < 4.78 is 4.89. The van der Waals surface area contributed by atoms with Gasteiger partial charge in [0.2, 0.25) is 0 Å². The van der Waals surface area contributed by atoms with Gasteiger partial charge in [-0.15, -0.1) is 0 Å². The summed E-state index contributed by atoms with van der Waals surface area (Å²) in [5.74, 6) is 0.327. The van der Waals surface area contributed by atoms with E-state index in [9.17, 15) is 4.79 Å². The van der Waals surface area contributed by atoms with Crippen molar-refractivity contribution in [3.8, 4) is 0 Å². The molecule has 0 spiro atoms. The number of aryl methyl sites for hydroxylation is 1. The number of hydrogen-bond donors (Lipinski definition) is 1. The van der Waals surface area contributed by atoms with Crippen molar-refractivity contribution in [1.82, 2.24) is 10.1 Å². The van der Waals surface area contributed by atoms with E-state index in [0.29, 0.717) is 28.6 Å². The summed E-state index contributed by atoms with van der Waals surface area (Å²) in [5, 5.41) is 4.17. The third-order valence-corrected chi connectivity index (χ3v) is 3.17. The zero-order valence-corrected chi connectivity index (χ0v) is 11.4. The normalized spacial score (nSPS) is 10.5. The summed E-state index contributed by atoms with van der Waals surface area (Å²) in [4.78, 5) is 13.7. The van der Waals surface area contributed by atoms with Crippen LogP contribution in [0.4, 0.5) is 5.69 Å². The number of nitrogens with two attached hydrogens (primary N) is 1. The minimum Gasteiger partial charge on any atom is -0.399 e. The van der Waals surface area contributed by atoms with E-state index in [2.05, 4.69) is 5.16 Å². The molecule has 0 fully saturated rings. The first-order chi connectivity index (χ1) is 8.99. The smallest absolute Gasteiger partial charge is 0.259 e. The van der Waals surface area contributed by atoms with Gasteiger partial charge >= 0.3 is 0 Å². The molecule has 0 aliphatic rings. The van der Waals surface area contributed by atoms with Gasteiger partial charge in [-0.25, -0.2) is 0 Å². The average molecular weight is 280 g/mol. The van der Waals surface area contributed by atoms with Crippen LogP contribution in [0.5, 0.6) is 0 Å². The molecule has 0 radical (unpaired) electrons. The molecule has 0 aliphatic heterocycles. The number of nitrogen functional groups attached to an aromatic ring is 1. The lowest BCUT2D eigenvalue weighted by molar-refractivity contribution is 0.0783. The zero-order valence-electron chi connectivity index (χ0n) is 10.7. The van der Waals surface area contributed by atoms with Gasteiger partial charge in [0, 0.05) is 24.3 Å². The molecule has 5 nitrogen and oxygen atoms in total. The fraction of sp³-hybridized carbons (Fsp3) is 0.231. The van der Waals surface area contributed by atoms with E-state index >= 15 is 0 Å². The molecule has 0 saturated carbocycles. The molecule has 6 heteroatoms. The highest BCUT2D eigenvalue weighted by Crippen LogP contribution is 2.21. The van der Waals surface area contributed by atoms with Crippen LogP contribution in [-0.4, -0.2) is 23.0 Å². The maximum atomic E-state index is 12.2. The Kier molecular flexibility index (Phi) is 3.76. The highest BCUT2D eigenvalue weighted by molar-refractivity contribution is 6.31. The molecule has 100 valence electrons. The van der Waals surface area contributed by atoms with Gasteiger partial charge in [-0.3, -0.25) is 4.79 Å². The fourth-order valence-electron chi connectivity index (χ4n) is 1.75. The molecule has 0 saturated heterocycles. The number of benzene rings is 1. The molecule has 1 amide bonds. The first kappa shape index (κ1) is 13.4. The van der Waals surface area contributed by atoms with Crippen molar-refractivity contribution < 1.29 is 9.32 Å². The Morgan fingerprint density at radius 3 is 2.89 bits per heavy atom. The second-order valence-corrected chi connectivity index (χ2v) is 4.71. The molecule has 19 heavy (non-hydrogen) atoms. The van der Waals surface area contributed by atoms with E-state index in [1.54, 1.807) is 37.1 Å². The molecule has 0 aliphatic carbocycles. The van der Waals surface area contributed by atoms with Crippen molar-refractivity contribution in [3.63, 3.8) is 0 Å². The van der Waals surface area contributed by atoms with Gasteiger partial charge in [-0.1, -0.05) is 16.8 Å². The first-order valence-electron chi connectivity index (χ1n) is 5.69. The SMILES string of the molecule is Cc1oncc1C(=O)N(C)Cc1cc(N)ccc1Cl. The molecule has 2 aromatic rings. The molecule has 2 rings (SSSR count). The van der Waals surface area contributed by atoms with Crippen molar-refractivity contribution in [2.75, 3.05) is 12.8 Å². The van der Waals surface area contributed by atoms with Crippen LogP contribution >= 0.6 is 11.6 Å². The number of carbonyl (C=O) groups excluding carboxylic acids is 1. The molecular formula is C13H14ClN3O2. The van der Waals surface area contributed by atoms with Crippen LogP contribution in [0.3, 0.4) is 0 Å². The van der Waals surface area contributed by atoms with Crippen molar-refractivity contribution in [1.29, 1.82) is 0 Å². The monoisotopic (exact) mass is 279 g/mol. The van der Waals surface area contributed by atoms with Crippen molar-refractivity contribution in [2.45, 2.75) is 13.5 Å². The van der Waals surface area contributed by atoms with Crippen LogP contribution in [0.1, 0.15) is 21.7 Å². The average Bonchev–Trinajstić information content (AvgIpc) is 2.79. The summed E-state index contributed by atoms with van der Waals surface area (Å²) in [6.45, 7) is 2.06. The first-order valence-corrected chi connectivity index (χ1v) is 6.07. The van der Waals surface area contributed by atoms with E-state index in [1.165, 1.54) is 6.20 Å². The molecule has 1 aromatic heterocycles. The minimum absolute atomic E-state index is 0.169. The zero-order chi connectivity index (χ0) is 14.0. The predicted molar refractivity (Wildman–Crippen MR) is 72.9 cm³/mol. The fourth-order valence-corrected chi connectivity index (χ4v) is 1.93. The number of hydrogen-bond acceptors (Lipinski definition) is 4. The topological polar surface area (TPSA) is 72.4 Å². The highest BCUT2D eigenvalue weighted by Gasteiger charge is 2.18. The number of carbonyl (C=O) groups is 1. The van der Waals surface area contributed by atoms with E-state index in [1.807, 2.05) is 0 Å². The lowest BCUT2D eigenvalue weighted by Crippen LogP contribution is -2.26. The summed E-state index contributed by atoms with van der Waals surface area (Å²) in [5.41, 5.74) is 7.57. The Hall–Kier alpha value is -2.01. The summed E-state index contributed by atoms with van der Waals surface area (Å²) in [6, 6.07) is 5.19. The van der Waals surface area contributed by atoms with Gasteiger partial charge in [0.15, 0.2) is 0 Å². The molecule has 1 aromatic carbocycles. The number of halogens is 1. The van der Waals surface area contributed by atoms with Crippen molar-refractivity contribution >= 4 is 23.2 Å². The Morgan fingerprint density at radius 2 is 2.26 bits per heavy atom. The van der Waals surface area contributed by atoms with Gasteiger partial charge in [-0.05, 0) is 30.7 Å². The van der Waals surface area contributed by atoms with Gasteiger partial charge in [0.25, 0.3) is 5.91 Å². The van der Waals surface area contributed by atoms with Crippen molar-refractivity contribution in [2.24, 2.45) is 0 Å². The highest BCUT2D eigenvalue weighted by atomic mass is 35.5. The van der Waals surface area contributed by atoms with Crippen LogP contribution < -0.4 is 5.73 Å². The molecule has 0 atom stereocenters. The van der Waals surface area contributed by atoms with Crippen molar-refractivity contribution in [3.05, 3.63) is 46.3 Å². The molecule has 0 bridgehead atoms. The Labute approximate surface area is 115 Å². The second-order valence-electron chi connectivity index (χ2n) is 4.31. The van der Waals surface area contributed by atoms with Crippen LogP contribution in [0.15, 0.2) is 28.9 Å². The maximum absolute atomic E-state index is 12.2. The van der Waals surface area contributed by atoms with E-state index in [-0.39, 0.29) is 5.91 Å². The van der Waals surface area contributed by atoms with Crippen LogP contribution in [0.25, 0.3) is 0 Å². The number of nitrogens with zero attached hydrogens (tertiary/aromatic N) is 2. The minimum atomic E-state index is -0.169. The van der Waals surface area contributed by atoms with Gasteiger partial charge in [0.05, 0.1) is 6.20 Å². The largest absolute Gasteiger partial charge is 0.399 e. The van der Waals surface area contributed by atoms with Crippen LogP contribution in [-0.2, 0) is 6.54 Å². The summed E-state index contributed by atoms with van der Waals surface area (Å²) in [7, 11) is 1.69. The number of rotatable bonds is 3. The number of aromatic nitrogens is 1. The molecule has 2 N–H and O–H groups in total. The second kappa shape index (κ2) is 5.32. The Bertz CT molecular complexity index is 610. The van der Waals surface area contributed by atoms with Gasteiger partial charge in [-0.2, -0.15) is 0 Å². The maximum Gasteiger partial charge on any atom is 0.259 e. The third-order valence-electron chi connectivity index (χ3n) is 2.81. The Balaban J connectivity index is 2.17. The molecular weight excluding hydrogens is 266 g/mol. The van der Waals surface area contributed by atoms with E-state index in [4.69, 9.17) is 21.9 Å². The molecule has 1 heterocycles. The number of anilines is 1. The summed E-state index contributed by atoms with van der Waals surface area (Å²) >= 11 is 6.08. The summed E-state index contributed by atoms with van der Waals surface area (Å²) in [6.07, 6.45) is 1.41. The van der Waals surface area contributed by atoms with E-state index in [0.717, 1.165) is 5.56 Å². The third kappa shape index (κ3) is 2.88. The van der Waals surface area contributed by atoms with E-state index < -0.39 is 0 Å². The Morgan fingerprint density at radius 1 is 1.53 bits per heavy atom. The predicted octanol–water partition coefficient (Wildman–Crippen LogP) is 2.49. The van der Waals surface area contributed by atoms with Crippen LogP contribution in [0.2, 0.25) is 5.02 Å². The quantitative estimate of drug-likeness (QED) is 0.876. The van der Waals surface area contributed by atoms with Crippen LogP contribution in [0, 0.1) is 6.92 Å². The van der Waals surface area contributed by atoms with Gasteiger partial charge < -0.3 is 15.2 Å². The standard InChI is InChI=1S/C13H14ClN3O2/c1-8-11(6-16-19-8)13(18)17(2)7-9-5-10(15)3-4-12(9)14/h3-6H,7,15H2,1-2H3. The lowest BCUT2D eigenvalue weighted by Gasteiger charge is -2.17. The lowest BCUT2D eigenvalue weighted by atomic mass is 10.1.